The molecular weight excluding hydrogens is 384 g/mol. The molecule has 0 radical (unpaired) electrons. The van der Waals surface area contributed by atoms with E-state index in [9.17, 15) is 5.11 Å². The molecule has 0 spiro atoms. The van der Waals surface area contributed by atoms with Crippen LogP contribution in [0.15, 0.2) is 27.1 Å². The first-order valence-corrected chi connectivity index (χ1v) is 10.8. The quantitative estimate of drug-likeness (QED) is 0.270. The third kappa shape index (κ3) is 7.08. The van der Waals surface area contributed by atoms with Crippen LogP contribution in [0.3, 0.4) is 0 Å². The minimum Gasteiger partial charge on any atom is -0.815 e. The topological polar surface area (TPSA) is 35.4 Å². The van der Waals surface area contributed by atoms with E-state index in [1.807, 2.05) is 17.5 Å². The molecule has 0 aliphatic rings. The van der Waals surface area contributed by atoms with Crippen LogP contribution in [0.2, 0.25) is 0 Å². The smallest absolute Gasteiger partial charge is 0.169 e. The molecule has 0 atom stereocenters. The van der Waals surface area contributed by atoms with Crippen molar-refractivity contribution < 1.29 is 9.59 Å². The molecule has 1 heterocycles. The van der Waals surface area contributed by atoms with Crippen LogP contribution in [-0.2, 0) is 0 Å². The number of aliphatic imine (C=N–C) groups is 1. The zero-order valence-electron chi connectivity index (χ0n) is 15.3. The number of hydrogen-bond donors (Lipinski definition) is 0. The average Bonchev–Trinajstić information content (AvgIpc) is 2.99. The summed E-state index contributed by atoms with van der Waals surface area (Å²) in [5.74, 6) is 0. The summed E-state index contributed by atoms with van der Waals surface area (Å²) in [5, 5.41) is 15.0. The second-order valence-electron chi connectivity index (χ2n) is 6.27. The lowest BCUT2D eigenvalue weighted by Gasteiger charge is -2.41. The van der Waals surface area contributed by atoms with E-state index in [2.05, 4.69) is 41.7 Å². The van der Waals surface area contributed by atoms with Crippen molar-refractivity contribution >= 4 is 39.4 Å². The minimum atomic E-state index is 0.0252. The van der Waals surface area contributed by atoms with E-state index < -0.39 is 0 Å². The van der Waals surface area contributed by atoms with Crippen LogP contribution in [0, 0.1) is 0 Å². The van der Waals surface area contributed by atoms with Gasteiger partial charge in [-0.25, -0.2) is 4.99 Å². The van der Waals surface area contributed by atoms with Gasteiger partial charge in [-0.15, -0.1) is 11.3 Å². The summed E-state index contributed by atoms with van der Waals surface area (Å²) in [5.41, 5.74) is 0. The van der Waals surface area contributed by atoms with Crippen LogP contribution < -0.4 is 5.11 Å². The average molecular weight is 415 g/mol. The Bertz CT molecular complexity index is 503. The molecule has 1 aromatic heterocycles. The fourth-order valence-electron chi connectivity index (χ4n) is 2.72. The van der Waals surface area contributed by atoms with E-state index in [0.29, 0.717) is 4.48 Å². The Morgan fingerprint density at radius 1 is 1.12 bits per heavy atom. The van der Waals surface area contributed by atoms with Gasteiger partial charge in [0.05, 0.1) is 19.6 Å². The van der Waals surface area contributed by atoms with Crippen LogP contribution in [0.5, 0.6) is 0 Å². The Morgan fingerprint density at radius 2 is 1.67 bits per heavy atom. The van der Waals surface area contributed by atoms with E-state index in [1.165, 1.54) is 0 Å². The van der Waals surface area contributed by atoms with E-state index in [1.54, 1.807) is 17.5 Å². The zero-order chi connectivity index (χ0) is 17.8. The number of rotatable bonds is 11. The van der Waals surface area contributed by atoms with Gasteiger partial charge in [-0.1, -0.05) is 40.0 Å². The number of nitrogens with zero attached hydrogens (tertiary/aromatic N) is 2. The van der Waals surface area contributed by atoms with E-state index in [-0.39, 0.29) is 6.02 Å². The molecule has 0 saturated carbocycles. The normalized spacial score (nSPS) is 13.1. The van der Waals surface area contributed by atoms with E-state index in [4.69, 9.17) is 0 Å². The second kappa shape index (κ2) is 11.8. The van der Waals surface area contributed by atoms with Crippen molar-refractivity contribution in [3.05, 3.63) is 27.0 Å². The Labute approximate surface area is 159 Å². The van der Waals surface area contributed by atoms with Gasteiger partial charge in [0.1, 0.15) is 0 Å². The molecule has 0 aromatic carbocycles. The number of hydrogen-bond acceptors (Lipinski definition) is 3. The lowest BCUT2D eigenvalue weighted by atomic mass is 10.2. The molecule has 1 rings (SSSR count). The van der Waals surface area contributed by atoms with Gasteiger partial charge >= 0.3 is 0 Å². The van der Waals surface area contributed by atoms with Crippen LogP contribution in [0.1, 0.15) is 64.2 Å². The molecule has 0 aliphatic carbocycles. The molecule has 0 N–H and O–H groups in total. The summed E-state index contributed by atoms with van der Waals surface area (Å²) in [7, 11) is 0. The molecule has 136 valence electrons. The molecule has 3 nitrogen and oxygen atoms in total. The Kier molecular flexibility index (Phi) is 10.5. The maximum atomic E-state index is 12.9. The highest BCUT2D eigenvalue weighted by molar-refractivity contribution is 9.10. The highest BCUT2D eigenvalue weighted by atomic mass is 79.9. The first kappa shape index (κ1) is 21.4. The standard InChI is InChI=1S/C19H31BrN2OS/c1-4-7-12-22(13-8-5-2,14-9-6-3)19(23)21-11-10-18-15-17(20)16-24-18/h10-11,15-16H,4-9,12-14H2,1-3H3/b11-10+. The fourth-order valence-corrected chi connectivity index (χ4v) is 4.05. The Balaban J connectivity index is 2.94. The summed E-state index contributed by atoms with van der Waals surface area (Å²) in [6.07, 6.45) is 10.2. The SMILES string of the molecule is CCCC[N+](CCCC)(CCCC)C([O-])=N/C=C/c1cc(Br)cs1. The number of halogens is 1. The van der Waals surface area contributed by atoms with Gasteiger partial charge in [0.2, 0.25) is 0 Å². The number of quaternary nitrogens is 1. The molecule has 0 fully saturated rings. The maximum Gasteiger partial charge on any atom is 0.169 e. The first-order valence-electron chi connectivity index (χ1n) is 9.10. The van der Waals surface area contributed by atoms with Gasteiger partial charge in [-0.3, -0.25) is 4.48 Å². The summed E-state index contributed by atoms with van der Waals surface area (Å²) in [4.78, 5) is 5.41. The number of unbranched alkanes of at least 4 members (excludes halogenated alkanes) is 3. The molecule has 0 unspecified atom stereocenters. The van der Waals surface area contributed by atoms with Crippen LogP contribution >= 0.6 is 27.3 Å². The third-order valence-corrected chi connectivity index (χ3v) is 5.90. The molecule has 0 amide bonds. The predicted octanol–water partition coefficient (Wildman–Crippen LogP) is 5.41. The second-order valence-corrected chi connectivity index (χ2v) is 8.13. The van der Waals surface area contributed by atoms with E-state index >= 15 is 0 Å². The number of thiophene rings is 1. The summed E-state index contributed by atoms with van der Waals surface area (Å²) < 4.78 is 1.59. The summed E-state index contributed by atoms with van der Waals surface area (Å²) >= 11 is 5.09. The maximum absolute atomic E-state index is 12.9. The third-order valence-electron chi connectivity index (χ3n) is 4.24. The van der Waals surface area contributed by atoms with Gasteiger partial charge in [0.25, 0.3) is 0 Å². The van der Waals surface area contributed by atoms with Crippen molar-refractivity contribution in [3.63, 3.8) is 0 Å². The first-order chi connectivity index (χ1) is 11.6. The molecule has 0 saturated heterocycles. The summed E-state index contributed by atoms with van der Waals surface area (Å²) in [6.45, 7) is 9.30. The lowest BCUT2D eigenvalue weighted by molar-refractivity contribution is -0.868. The number of amidine groups is 1. The Hall–Kier alpha value is -0.650. The molecule has 5 heteroatoms. The molecule has 24 heavy (non-hydrogen) atoms. The van der Waals surface area contributed by atoms with Crippen molar-refractivity contribution in [2.75, 3.05) is 19.6 Å². The minimum absolute atomic E-state index is 0.0252. The van der Waals surface area contributed by atoms with E-state index in [0.717, 1.165) is 67.5 Å². The molecule has 1 aromatic rings. The van der Waals surface area contributed by atoms with Gasteiger partial charge < -0.3 is 5.11 Å². The Morgan fingerprint density at radius 3 is 2.08 bits per heavy atom. The monoisotopic (exact) mass is 414 g/mol. The zero-order valence-corrected chi connectivity index (χ0v) is 17.7. The van der Waals surface area contributed by atoms with Crippen LogP contribution in [-0.4, -0.2) is 30.1 Å². The van der Waals surface area contributed by atoms with Crippen LogP contribution in [0.25, 0.3) is 6.08 Å². The van der Waals surface area contributed by atoms with Gasteiger partial charge in [-0.2, -0.15) is 0 Å². The van der Waals surface area contributed by atoms with Crippen molar-refractivity contribution in [1.29, 1.82) is 0 Å². The molecular formula is C19H31BrN2OS. The van der Waals surface area contributed by atoms with Gasteiger partial charge in [0, 0.05) is 20.9 Å². The summed E-state index contributed by atoms with van der Waals surface area (Å²) in [6, 6.07) is 2.06. The lowest BCUT2D eigenvalue weighted by Crippen LogP contribution is -2.59. The van der Waals surface area contributed by atoms with Crippen molar-refractivity contribution in [1.82, 2.24) is 0 Å². The highest BCUT2D eigenvalue weighted by Gasteiger charge is 2.27. The van der Waals surface area contributed by atoms with Crippen molar-refractivity contribution in [3.8, 4) is 0 Å². The highest BCUT2D eigenvalue weighted by Crippen LogP contribution is 2.21. The van der Waals surface area contributed by atoms with Gasteiger partial charge in [-0.05, 0) is 47.3 Å². The molecule has 0 aliphatic heterocycles. The van der Waals surface area contributed by atoms with Gasteiger partial charge in [0.15, 0.2) is 6.02 Å². The fraction of sp³-hybridized carbons (Fsp3) is 0.632. The molecule has 0 bridgehead atoms. The van der Waals surface area contributed by atoms with Crippen molar-refractivity contribution in [2.24, 2.45) is 4.99 Å². The van der Waals surface area contributed by atoms with Crippen LogP contribution in [0.4, 0.5) is 0 Å². The largest absolute Gasteiger partial charge is 0.815 e. The predicted molar refractivity (Wildman–Crippen MR) is 108 cm³/mol. The van der Waals surface area contributed by atoms with Crippen molar-refractivity contribution in [2.45, 2.75) is 59.3 Å².